The van der Waals surface area contributed by atoms with Gasteiger partial charge in [-0.05, 0) is 44.0 Å². The molecule has 21 heavy (non-hydrogen) atoms. The Kier molecular flexibility index (Phi) is 7.61. The van der Waals surface area contributed by atoms with Crippen molar-refractivity contribution in [1.82, 2.24) is 5.32 Å². The van der Waals surface area contributed by atoms with Gasteiger partial charge in [0.15, 0.2) is 18.1 Å². The van der Waals surface area contributed by atoms with Crippen molar-refractivity contribution in [3.8, 4) is 11.5 Å². The quantitative estimate of drug-likeness (QED) is 0.729. The van der Waals surface area contributed by atoms with Crippen molar-refractivity contribution < 1.29 is 14.3 Å². The molecular weight excluding hydrogens is 268 g/mol. The van der Waals surface area contributed by atoms with Gasteiger partial charge < -0.3 is 20.5 Å². The molecular formula is C16H26N2O3. The molecule has 5 nitrogen and oxygen atoms in total. The fourth-order valence-corrected chi connectivity index (χ4v) is 2.12. The lowest BCUT2D eigenvalue weighted by Gasteiger charge is -2.15. The molecule has 1 amide bonds. The molecule has 1 atom stereocenters. The smallest absolute Gasteiger partial charge is 0.258 e. The fraction of sp³-hybridized carbons (Fsp3) is 0.562. The fourth-order valence-electron chi connectivity index (χ4n) is 2.12. The van der Waals surface area contributed by atoms with Gasteiger partial charge in [-0.1, -0.05) is 19.4 Å². The molecule has 0 aromatic heterocycles. The highest BCUT2D eigenvalue weighted by atomic mass is 16.5. The van der Waals surface area contributed by atoms with Crippen LogP contribution in [0.1, 0.15) is 32.3 Å². The summed E-state index contributed by atoms with van der Waals surface area (Å²) in [7, 11) is 1.58. The van der Waals surface area contributed by atoms with Gasteiger partial charge in [0.05, 0.1) is 7.11 Å². The van der Waals surface area contributed by atoms with Gasteiger partial charge in [-0.3, -0.25) is 4.79 Å². The molecule has 1 rings (SSSR count). The summed E-state index contributed by atoms with van der Waals surface area (Å²) in [6.07, 6.45) is 2.76. The zero-order chi connectivity index (χ0) is 15.7. The number of methoxy groups -OCH3 is 1. The van der Waals surface area contributed by atoms with Crippen LogP contribution < -0.4 is 20.5 Å². The van der Waals surface area contributed by atoms with Crippen molar-refractivity contribution in [3.63, 3.8) is 0 Å². The highest BCUT2D eigenvalue weighted by Crippen LogP contribution is 2.28. The van der Waals surface area contributed by atoms with Crippen LogP contribution in [0.25, 0.3) is 0 Å². The van der Waals surface area contributed by atoms with E-state index in [1.807, 2.05) is 25.1 Å². The monoisotopic (exact) mass is 294 g/mol. The summed E-state index contributed by atoms with van der Waals surface area (Å²) in [5.74, 6) is 1.06. The van der Waals surface area contributed by atoms with E-state index in [2.05, 4.69) is 12.2 Å². The van der Waals surface area contributed by atoms with Crippen molar-refractivity contribution in [2.24, 2.45) is 5.73 Å². The standard InChI is InChI=1S/C16H26N2O3/c1-4-5-12(2)18-16(19)11-21-15-10-13(8-9-17)6-7-14(15)20-3/h6-7,10,12H,4-5,8-9,11,17H2,1-3H3,(H,18,19). The number of carbonyl (C=O) groups excluding carboxylic acids is 1. The number of hydrogen-bond acceptors (Lipinski definition) is 4. The average Bonchev–Trinajstić information content (AvgIpc) is 2.46. The van der Waals surface area contributed by atoms with Gasteiger partial charge in [0.25, 0.3) is 5.91 Å². The largest absolute Gasteiger partial charge is 0.493 e. The molecule has 1 aromatic rings. The Morgan fingerprint density at radius 3 is 2.76 bits per heavy atom. The Morgan fingerprint density at radius 2 is 2.14 bits per heavy atom. The maximum atomic E-state index is 11.8. The van der Waals surface area contributed by atoms with E-state index < -0.39 is 0 Å². The Balaban J connectivity index is 2.60. The predicted molar refractivity (Wildman–Crippen MR) is 83.8 cm³/mol. The van der Waals surface area contributed by atoms with Crippen molar-refractivity contribution in [1.29, 1.82) is 0 Å². The highest BCUT2D eigenvalue weighted by molar-refractivity contribution is 5.77. The van der Waals surface area contributed by atoms with Crippen LogP contribution in [-0.2, 0) is 11.2 Å². The van der Waals surface area contributed by atoms with Gasteiger partial charge >= 0.3 is 0 Å². The minimum atomic E-state index is -0.123. The molecule has 0 aliphatic heterocycles. The molecule has 3 N–H and O–H groups in total. The summed E-state index contributed by atoms with van der Waals surface area (Å²) in [6, 6.07) is 5.81. The zero-order valence-corrected chi connectivity index (χ0v) is 13.1. The first-order valence-electron chi connectivity index (χ1n) is 7.39. The zero-order valence-electron chi connectivity index (χ0n) is 13.1. The third-order valence-corrected chi connectivity index (χ3v) is 3.15. The molecule has 1 aromatic carbocycles. The minimum Gasteiger partial charge on any atom is -0.493 e. The number of hydrogen-bond donors (Lipinski definition) is 2. The maximum Gasteiger partial charge on any atom is 0.258 e. The lowest BCUT2D eigenvalue weighted by atomic mass is 10.1. The summed E-state index contributed by atoms with van der Waals surface area (Å²) < 4.78 is 10.8. The molecule has 1 unspecified atom stereocenters. The van der Waals surface area contributed by atoms with Crippen LogP contribution in [0.2, 0.25) is 0 Å². The van der Waals surface area contributed by atoms with Crippen molar-refractivity contribution >= 4 is 5.91 Å². The second-order valence-electron chi connectivity index (χ2n) is 5.07. The lowest BCUT2D eigenvalue weighted by molar-refractivity contribution is -0.123. The summed E-state index contributed by atoms with van der Waals surface area (Å²) in [5, 5.41) is 2.90. The summed E-state index contributed by atoms with van der Waals surface area (Å²) >= 11 is 0. The number of rotatable bonds is 9. The Morgan fingerprint density at radius 1 is 1.38 bits per heavy atom. The molecule has 0 saturated carbocycles. The van der Waals surface area contributed by atoms with Gasteiger partial charge in [0.2, 0.25) is 0 Å². The van der Waals surface area contributed by atoms with Crippen LogP contribution in [0.4, 0.5) is 0 Å². The van der Waals surface area contributed by atoms with Gasteiger partial charge in [-0.15, -0.1) is 0 Å². The van der Waals surface area contributed by atoms with Crippen molar-refractivity contribution in [2.45, 2.75) is 39.2 Å². The van der Waals surface area contributed by atoms with E-state index in [1.165, 1.54) is 0 Å². The Hall–Kier alpha value is -1.75. The molecule has 0 saturated heterocycles. The van der Waals surface area contributed by atoms with E-state index in [9.17, 15) is 4.79 Å². The van der Waals surface area contributed by atoms with E-state index in [0.29, 0.717) is 18.0 Å². The number of nitrogens with two attached hydrogens (primary N) is 1. The summed E-state index contributed by atoms with van der Waals surface area (Å²) in [5.41, 5.74) is 6.61. The average molecular weight is 294 g/mol. The van der Waals surface area contributed by atoms with Crippen molar-refractivity contribution in [3.05, 3.63) is 23.8 Å². The van der Waals surface area contributed by atoms with E-state index >= 15 is 0 Å². The van der Waals surface area contributed by atoms with Gasteiger partial charge in [-0.25, -0.2) is 0 Å². The van der Waals surface area contributed by atoms with Gasteiger partial charge in [0.1, 0.15) is 0 Å². The third kappa shape index (κ3) is 6.04. The molecule has 0 heterocycles. The third-order valence-electron chi connectivity index (χ3n) is 3.15. The van der Waals surface area contributed by atoms with E-state index in [0.717, 1.165) is 24.8 Å². The Bertz CT molecular complexity index is 449. The van der Waals surface area contributed by atoms with E-state index in [4.69, 9.17) is 15.2 Å². The van der Waals surface area contributed by atoms with Crippen LogP contribution in [0.5, 0.6) is 11.5 Å². The molecule has 0 aliphatic carbocycles. The molecule has 0 aliphatic rings. The first kappa shape index (κ1) is 17.3. The number of benzene rings is 1. The maximum absolute atomic E-state index is 11.8. The van der Waals surface area contributed by atoms with Gasteiger partial charge in [-0.2, -0.15) is 0 Å². The van der Waals surface area contributed by atoms with E-state index in [-0.39, 0.29) is 18.6 Å². The Labute approximate surface area is 126 Å². The van der Waals surface area contributed by atoms with Crippen molar-refractivity contribution in [2.75, 3.05) is 20.3 Å². The lowest BCUT2D eigenvalue weighted by Crippen LogP contribution is -2.36. The first-order chi connectivity index (χ1) is 10.1. The molecule has 0 bridgehead atoms. The van der Waals surface area contributed by atoms with Crippen LogP contribution in [-0.4, -0.2) is 32.2 Å². The summed E-state index contributed by atoms with van der Waals surface area (Å²) in [6.45, 7) is 4.63. The molecule has 0 fully saturated rings. The SMILES string of the molecule is CCCC(C)NC(=O)COc1cc(CCN)ccc1OC. The molecule has 0 radical (unpaired) electrons. The van der Waals surface area contributed by atoms with Crippen LogP contribution in [0.15, 0.2) is 18.2 Å². The first-order valence-corrected chi connectivity index (χ1v) is 7.39. The highest BCUT2D eigenvalue weighted by Gasteiger charge is 2.10. The van der Waals surface area contributed by atoms with E-state index in [1.54, 1.807) is 7.11 Å². The molecule has 0 spiro atoms. The predicted octanol–water partition coefficient (Wildman–Crippen LogP) is 1.88. The second kappa shape index (κ2) is 9.23. The normalized spacial score (nSPS) is 11.8. The number of nitrogens with one attached hydrogen (secondary N) is 1. The minimum absolute atomic E-state index is 0.0174. The summed E-state index contributed by atoms with van der Waals surface area (Å²) in [4.78, 5) is 11.8. The molecule has 118 valence electrons. The van der Waals surface area contributed by atoms with Crippen LogP contribution in [0.3, 0.4) is 0 Å². The number of carbonyl (C=O) groups is 1. The van der Waals surface area contributed by atoms with Crippen LogP contribution in [0, 0.1) is 0 Å². The number of ether oxygens (including phenoxy) is 2. The second-order valence-corrected chi connectivity index (χ2v) is 5.07. The molecule has 5 heteroatoms. The van der Waals surface area contributed by atoms with Crippen LogP contribution >= 0.6 is 0 Å². The topological polar surface area (TPSA) is 73.6 Å². The number of amides is 1. The van der Waals surface area contributed by atoms with Gasteiger partial charge in [0, 0.05) is 6.04 Å².